The van der Waals surface area contributed by atoms with E-state index in [2.05, 4.69) is 4.98 Å². The molecular formula is C17H13NO6. The summed E-state index contributed by atoms with van der Waals surface area (Å²) in [6.45, 7) is 1.67. The molecule has 3 aromatic heterocycles. The Morgan fingerprint density at radius 2 is 1.75 bits per heavy atom. The van der Waals surface area contributed by atoms with Gasteiger partial charge in [-0.1, -0.05) is 0 Å². The molecule has 0 aliphatic rings. The Morgan fingerprint density at radius 1 is 1.08 bits per heavy atom. The standard InChI is InChI=1S/C17H13NO6/c1-11-15(24-17(20)14-5-3-7-22-14)8-12(9-18-11)10-23-16(19)13-4-2-6-21-13/h2-9H,10H2,1H3. The van der Waals surface area contributed by atoms with E-state index in [4.69, 9.17) is 18.3 Å². The highest BCUT2D eigenvalue weighted by atomic mass is 16.6. The fourth-order valence-electron chi connectivity index (χ4n) is 1.90. The summed E-state index contributed by atoms with van der Waals surface area (Å²) in [4.78, 5) is 27.8. The number of rotatable bonds is 5. The molecule has 3 heterocycles. The van der Waals surface area contributed by atoms with Gasteiger partial charge in [0.05, 0.1) is 18.2 Å². The van der Waals surface area contributed by atoms with E-state index >= 15 is 0 Å². The van der Waals surface area contributed by atoms with E-state index in [0.29, 0.717) is 11.3 Å². The second-order valence-electron chi connectivity index (χ2n) is 4.85. The van der Waals surface area contributed by atoms with Gasteiger partial charge in [-0.3, -0.25) is 4.98 Å². The number of carbonyl (C=O) groups is 2. The van der Waals surface area contributed by atoms with Gasteiger partial charge in [-0.2, -0.15) is 0 Å². The summed E-state index contributed by atoms with van der Waals surface area (Å²) in [5.41, 5.74) is 1.10. The van der Waals surface area contributed by atoms with E-state index in [1.54, 1.807) is 25.1 Å². The number of aromatic nitrogens is 1. The molecule has 3 aromatic rings. The molecule has 0 saturated carbocycles. The molecule has 0 amide bonds. The third-order valence-corrected chi connectivity index (χ3v) is 3.11. The van der Waals surface area contributed by atoms with Crippen molar-refractivity contribution in [2.24, 2.45) is 0 Å². The summed E-state index contributed by atoms with van der Waals surface area (Å²) in [5, 5.41) is 0. The molecule has 0 radical (unpaired) electrons. The first-order chi connectivity index (χ1) is 11.6. The zero-order valence-electron chi connectivity index (χ0n) is 12.7. The van der Waals surface area contributed by atoms with Crippen LogP contribution in [0.1, 0.15) is 32.4 Å². The molecule has 0 aliphatic heterocycles. The summed E-state index contributed by atoms with van der Waals surface area (Å²) < 4.78 is 20.3. The zero-order chi connectivity index (χ0) is 16.9. The van der Waals surface area contributed by atoms with Gasteiger partial charge in [-0.25, -0.2) is 9.59 Å². The quantitative estimate of drug-likeness (QED) is 0.665. The van der Waals surface area contributed by atoms with Crippen LogP contribution in [0.25, 0.3) is 0 Å². The lowest BCUT2D eigenvalue weighted by Gasteiger charge is -2.08. The molecule has 7 heteroatoms. The lowest BCUT2D eigenvalue weighted by molar-refractivity contribution is 0.0434. The van der Waals surface area contributed by atoms with Crippen LogP contribution in [-0.2, 0) is 11.3 Å². The Bertz CT molecular complexity index is 836. The number of esters is 2. The van der Waals surface area contributed by atoms with Crippen molar-refractivity contribution in [3.63, 3.8) is 0 Å². The zero-order valence-corrected chi connectivity index (χ0v) is 12.7. The topological polar surface area (TPSA) is 91.8 Å². The molecule has 0 N–H and O–H groups in total. The number of ether oxygens (including phenoxy) is 2. The molecule has 0 unspecified atom stereocenters. The molecule has 0 aliphatic carbocycles. The van der Waals surface area contributed by atoms with Crippen molar-refractivity contribution in [1.82, 2.24) is 4.98 Å². The van der Waals surface area contributed by atoms with E-state index < -0.39 is 11.9 Å². The number of aryl methyl sites for hydroxylation is 1. The Kier molecular flexibility index (Phi) is 4.42. The van der Waals surface area contributed by atoms with Crippen LogP contribution in [0.4, 0.5) is 0 Å². The van der Waals surface area contributed by atoms with Crippen molar-refractivity contribution in [1.29, 1.82) is 0 Å². The van der Waals surface area contributed by atoms with Gasteiger partial charge >= 0.3 is 11.9 Å². The van der Waals surface area contributed by atoms with Crippen molar-refractivity contribution in [2.45, 2.75) is 13.5 Å². The van der Waals surface area contributed by atoms with Crippen LogP contribution in [0.5, 0.6) is 5.75 Å². The average molecular weight is 327 g/mol. The third-order valence-electron chi connectivity index (χ3n) is 3.11. The Balaban J connectivity index is 1.67. The van der Waals surface area contributed by atoms with Gasteiger partial charge in [-0.05, 0) is 37.3 Å². The maximum atomic E-state index is 11.9. The number of hydrogen-bond acceptors (Lipinski definition) is 7. The van der Waals surface area contributed by atoms with Crippen molar-refractivity contribution < 1.29 is 27.9 Å². The first-order valence-electron chi connectivity index (χ1n) is 7.05. The van der Waals surface area contributed by atoms with Gasteiger partial charge in [0.25, 0.3) is 0 Å². The number of nitrogens with zero attached hydrogens (tertiary/aromatic N) is 1. The summed E-state index contributed by atoms with van der Waals surface area (Å²) >= 11 is 0. The van der Waals surface area contributed by atoms with Crippen molar-refractivity contribution in [3.8, 4) is 5.75 Å². The average Bonchev–Trinajstić information content (AvgIpc) is 3.28. The van der Waals surface area contributed by atoms with E-state index in [9.17, 15) is 9.59 Å². The minimum absolute atomic E-state index is 0.0296. The number of carbonyl (C=O) groups excluding carboxylic acids is 2. The smallest absolute Gasteiger partial charge is 0.379 e. The second kappa shape index (κ2) is 6.82. The highest BCUT2D eigenvalue weighted by Gasteiger charge is 2.15. The van der Waals surface area contributed by atoms with Gasteiger partial charge in [-0.15, -0.1) is 0 Å². The maximum Gasteiger partial charge on any atom is 0.379 e. The van der Waals surface area contributed by atoms with Crippen molar-refractivity contribution in [3.05, 3.63) is 71.8 Å². The first kappa shape index (κ1) is 15.5. The number of furan rings is 2. The monoisotopic (exact) mass is 327 g/mol. The molecule has 122 valence electrons. The molecule has 0 saturated heterocycles. The van der Waals surface area contributed by atoms with E-state index in [1.165, 1.54) is 30.9 Å². The van der Waals surface area contributed by atoms with Crippen molar-refractivity contribution >= 4 is 11.9 Å². The minimum Gasteiger partial charge on any atom is -0.457 e. The normalized spacial score (nSPS) is 10.4. The second-order valence-corrected chi connectivity index (χ2v) is 4.85. The largest absolute Gasteiger partial charge is 0.457 e. The van der Waals surface area contributed by atoms with Crippen molar-refractivity contribution in [2.75, 3.05) is 0 Å². The molecular weight excluding hydrogens is 314 g/mol. The lowest BCUT2D eigenvalue weighted by atomic mass is 10.2. The molecule has 24 heavy (non-hydrogen) atoms. The molecule has 0 atom stereocenters. The lowest BCUT2D eigenvalue weighted by Crippen LogP contribution is -2.10. The molecule has 0 fully saturated rings. The first-order valence-corrected chi connectivity index (χ1v) is 7.05. The van der Waals surface area contributed by atoms with Gasteiger partial charge in [0.15, 0.2) is 5.75 Å². The molecule has 0 aromatic carbocycles. The number of hydrogen-bond donors (Lipinski definition) is 0. The highest BCUT2D eigenvalue weighted by Crippen LogP contribution is 2.19. The predicted octanol–water partition coefficient (Wildman–Crippen LogP) is 3.15. The van der Waals surface area contributed by atoms with Crippen LogP contribution >= 0.6 is 0 Å². The molecule has 7 nitrogen and oxygen atoms in total. The Hall–Kier alpha value is -3.35. The minimum atomic E-state index is -0.630. The van der Waals surface area contributed by atoms with Gasteiger partial charge in [0, 0.05) is 11.8 Å². The highest BCUT2D eigenvalue weighted by molar-refractivity contribution is 5.88. The summed E-state index contributed by atoms with van der Waals surface area (Å²) in [7, 11) is 0. The number of pyridine rings is 1. The van der Waals surface area contributed by atoms with E-state index in [0.717, 1.165) is 0 Å². The van der Waals surface area contributed by atoms with Crippen LogP contribution in [0, 0.1) is 6.92 Å². The fraction of sp³-hybridized carbons (Fsp3) is 0.118. The molecule has 0 spiro atoms. The maximum absolute atomic E-state index is 11.9. The van der Waals surface area contributed by atoms with E-state index in [1.807, 2.05) is 0 Å². The van der Waals surface area contributed by atoms with Crippen LogP contribution < -0.4 is 4.74 Å². The molecule has 0 bridgehead atoms. The van der Waals surface area contributed by atoms with Crippen LogP contribution in [0.15, 0.2) is 57.9 Å². The molecule has 3 rings (SSSR count). The van der Waals surface area contributed by atoms with Gasteiger partial charge in [0.1, 0.15) is 6.61 Å². The van der Waals surface area contributed by atoms with Gasteiger partial charge in [0.2, 0.25) is 11.5 Å². The predicted molar refractivity (Wildman–Crippen MR) is 80.5 cm³/mol. The van der Waals surface area contributed by atoms with Gasteiger partial charge < -0.3 is 18.3 Å². The SMILES string of the molecule is Cc1ncc(COC(=O)c2ccco2)cc1OC(=O)c1ccco1. The summed E-state index contributed by atoms with van der Waals surface area (Å²) in [6, 6.07) is 7.77. The van der Waals surface area contributed by atoms with E-state index in [-0.39, 0.29) is 23.9 Å². The van der Waals surface area contributed by atoms with Crippen LogP contribution in [0.3, 0.4) is 0 Å². The summed E-state index contributed by atoms with van der Waals surface area (Å²) in [5.74, 6) is -0.754. The Morgan fingerprint density at radius 3 is 2.38 bits per heavy atom. The summed E-state index contributed by atoms with van der Waals surface area (Å²) in [6.07, 6.45) is 4.30. The Labute approximate surface area is 136 Å². The third kappa shape index (κ3) is 3.52. The van der Waals surface area contributed by atoms with Crippen LogP contribution in [0.2, 0.25) is 0 Å². The fourth-order valence-corrected chi connectivity index (χ4v) is 1.90. The van der Waals surface area contributed by atoms with Crippen LogP contribution in [-0.4, -0.2) is 16.9 Å².